The molecule has 0 heterocycles. The maximum Gasteiger partial charge on any atom is 0.185 e. The molecule has 126 valence electrons. The van der Waals surface area contributed by atoms with Crippen LogP contribution in [0, 0.1) is 11.3 Å². The summed E-state index contributed by atoms with van der Waals surface area (Å²) in [5, 5.41) is 19.7. The van der Waals surface area contributed by atoms with Gasteiger partial charge in [-0.15, -0.1) is 0 Å². The molecular weight excluding hydrogens is 310 g/mol. The number of phenolic OH excluding ortho intramolecular Hbond substituents is 1. The first kappa shape index (κ1) is 19.2. The van der Waals surface area contributed by atoms with E-state index in [1.54, 1.807) is 18.2 Å². The van der Waals surface area contributed by atoms with Gasteiger partial charge in [0.05, 0.1) is 0 Å². The summed E-state index contributed by atoms with van der Waals surface area (Å²) in [6.07, 6.45) is 2.37. The molecule has 0 aromatic heterocycles. The fraction of sp³-hybridized carbons (Fsp3) is 0.500. The zero-order valence-corrected chi connectivity index (χ0v) is 15.7. The molecule has 0 saturated carbocycles. The van der Waals surface area contributed by atoms with Gasteiger partial charge in [-0.05, 0) is 34.6 Å². The largest absolute Gasteiger partial charge is 0.507 e. The molecular formula is C18H25NO3S. The zero-order valence-electron chi connectivity index (χ0n) is 14.9. The lowest BCUT2D eigenvalue weighted by Crippen LogP contribution is -2.17. The fourth-order valence-corrected chi connectivity index (χ4v) is 2.77. The quantitative estimate of drug-likeness (QED) is 0.832. The second-order valence-corrected chi connectivity index (χ2v) is 9.84. The molecule has 0 saturated heterocycles. The third-order valence-corrected chi connectivity index (χ3v) is 4.56. The van der Waals surface area contributed by atoms with Gasteiger partial charge < -0.3 is 5.11 Å². The van der Waals surface area contributed by atoms with Gasteiger partial charge in [-0.25, -0.2) is 8.42 Å². The van der Waals surface area contributed by atoms with Crippen molar-refractivity contribution < 1.29 is 13.5 Å². The van der Waals surface area contributed by atoms with Crippen molar-refractivity contribution >= 4 is 15.9 Å². The Hall–Kier alpha value is -1.80. The average molecular weight is 335 g/mol. The van der Waals surface area contributed by atoms with Crippen LogP contribution in [0.15, 0.2) is 17.0 Å². The molecule has 0 radical (unpaired) electrons. The third kappa shape index (κ3) is 4.59. The molecule has 1 aromatic carbocycles. The van der Waals surface area contributed by atoms with Crippen LogP contribution >= 0.6 is 0 Å². The van der Waals surface area contributed by atoms with Gasteiger partial charge in [-0.1, -0.05) is 41.5 Å². The van der Waals surface area contributed by atoms with E-state index >= 15 is 0 Å². The van der Waals surface area contributed by atoms with Crippen LogP contribution < -0.4 is 0 Å². The van der Waals surface area contributed by atoms with Gasteiger partial charge in [-0.2, -0.15) is 5.26 Å². The normalized spacial score (nSPS) is 13.7. The summed E-state index contributed by atoms with van der Waals surface area (Å²) < 4.78 is 23.3. The number of allylic oxidation sites excluding steroid dienone is 1. The number of nitrogens with zero attached hydrogens (tertiary/aromatic N) is 1. The van der Waals surface area contributed by atoms with Gasteiger partial charge in [0.15, 0.2) is 9.84 Å². The van der Waals surface area contributed by atoms with Crippen molar-refractivity contribution in [3.05, 3.63) is 33.7 Å². The Labute approximate surface area is 139 Å². The monoisotopic (exact) mass is 335 g/mol. The van der Waals surface area contributed by atoms with Crippen molar-refractivity contribution in [1.82, 2.24) is 0 Å². The lowest BCUT2D eigenvalue weighted by molar-refractivity contribution is 0.423. The Morgan fingerprint density at radius 3 is 1.74 bits per heavy atom. The van der Waals surface area contributed by atoms with Crippen molar-refractivity contribution in [2.75, 3.05) is 6.26 Å². The van der Waals surface area contributed by atoms with E-state index in [-0.39, 0.29) is 21.5 Å². The van der Waals surface area contributed by atoms with Gasteiger partial charge in [0.2, 0.25) is 0 Å². The first-order valence-corrected chi connectivity index (χ1v) is 9.27. The number of hydrogen-bond donors (Lipinski definition) is 1. The molecule has 0 fully saturated rings. The summed E-state index contributed by atoms with van der Waals surface area (Å²) in [6.45, 7) is 11.9. The van der Waals surface area contributed by atoms with Gasteiger partial charge >= 0.3 is 0 Å². The smallest absolute Gasteiger partial charge is 0.185 e. The number of phenols is 1. The standard InChI is InChI=1S/C18H25NO3S/c1-17(2,3)14-9-12(8-13(11-19)23(7,21)22)10-15(16(14)20)18(4,5)6/h8-10,20H,1-7H3/b13-8+. The highest BCUT2D eigenvalue weighted by atomic mass is 32.2. The van der Waals surface area contributed by atoms with Gasteiger partial charge in [0, 0.05) is 17.4 Å². The minimum atomic E-state index is -3.58. The van der Waals surface area contributed by atoms with Crippen LogP contribution in [-0.4, -0.2) is 19.8 Å². The van der Waals surface area contributed by atoms with Gasteiger partial charge in [0.25, 0.3) is 0 Å². The van der Waals surface area contributed by atoms with Crippen LogP contribution in [-0.2, 0) is 20.7 Å². The number of sulfone groups is 1. The number of nitriles is 1. The van der Waals surface area contributed by atoms with E-state index in [0.29, 0.717) is 5.56 Å². The molecule has 23 heavy (non-hydrogen) atoms. The number of aromatic hydroxyl groups is 1. The maximum absolute atomic E-state index is 11.7. The Bertz CT molecular complexity index is 748. The van der Waals surface area contributed by atoms with Crippen molar-refractivity contribution in [3.63, 3.8) is 0 Å². The van der Waals surface area contributed by atoms with Crippen LogP contribution in [0.25, 0.3) is 6.08 Å². The van der Waals surface area contributed by atoms with E-state index in [1.165, 1.54) is 6.08 Å². The van der Waals surface area contributed by atoms with Crippen molar-refractivity contribution in [1.29, 1.82) is 5.26 Å². The first-order valence-electron chi connectivity index (χ1n) is 7.37. The van der Waals surface area contributed by atoms with Crippen molar-refractivity contribution in [2.45, 2.75) is 52.4 Å². The molecule has 0 spiro atoms. The molecule has 1 N–H and O–H groups in total. The molecule has 0 aliphatic rings. The average Bonchev–Trinajstić information content (AvgIpc) is 2.32. The highest BCUT2D eigenvalue weighted by Gasteiger charge is 2.26. The van der Waals surface area contributed by atoms with E-state index in [2.05, 4.69) is 0 Å². The van der Waals surface area contributed by atoms with Crippen LogP contribution in [0.2, 0.25) is 0 Å². The molecule has 5 heteroatoms. The van der Waals surface area contributed by atoms with E-state index < -0.39 is 9.84 Å². The van der Waals surface area contributed by atoms with Crippen LogP contribution in [0.3, 0.4) is 0 Å². The van der Waals surface area contributed by atoms with Crippen molar-refractivity contribution in [2.24, 2.45) is 0 Å². The summed E-state index contributed by atoms with van der Waals surface area (Å²) in [7, 11) is -3.58. The molecule has 0 aliphatic heterocycles. The predicted molar refractivity (Wildman–Crippen MR) is 93.9 cm³/mol. The summed E-state index contributed by atoms with van der Waals surface area (Å²) in [5.41, 5.74) is 1.42. The minimum absolute atomic E-state index is 0.222. The minimum Gasteiger partial charge on any atom is -0.507 e. The Morgan fingerprint density at radius 2 is 1.48 bits per heavy atom. The maximum atomic E-state index is 11.7. The molecule has 0 atom stereocenters. The van der Waals surface area contributed by atoms with Crippen LogP contribution in [0.5, 0.6) is 5.75 Å². The Balaban J connectivity index is 3.78. The predicted octanol–water partition coefficient (Wildman–Crippen LogP) is 3.90. The number of hydrogen-bond acceptors (Lipinski definition) is 4. The topological polar surface area (TPSA) is 78.2 Å². The van der Waals surface area contributed by atoms with E-state index in [9.17, 15) is 13.5 Å². The van der Waals surface area contributed by atoms with Gasteiger partial charge in [0.1, 0.15) is 16.7 Å². The second-order valence-electron chi connectivity index (χ2n) is 7.86. The van der Waals surface area contributed by atoms with Crippen LogP contribution in [0.1, 0.15) is 58.2 Å². The summed E-state index contributed by atoms with van der Waals surface area (Å²) in [4.78, 5) is -0.289. The SMILES string of the molecule is CC(C)(C)c1cc(/C=C(\C#N)S(C)(=O)=O)cc(C(C)(C)C)c1O. The molecule has 0 aliphatic carbocycles. The van der Waals surface area contributed by atoms with Crippen molar-refractivity contribution in [3.8, 4) is 11.8 Å². The zero-order chi connectivity index (χ0) is 18.2. The van der Waals surface area contributed by atoms with E-state index in [1.807, 2.05) is 41.5 Å². The molecule has 0 unspecified atom stereocenters. The lowest BCUT2D eigenvalue weighted by Gasteiger charge is -2.27. The van der Waals surface area contributed by atoms with Gasteiger partial charge in [-0.3, -0.25) is 0 Å². The molecule has 0 bridgehead atoms. The fourth-order valence-electron chi connectivity index (χ4n) is 2.26. The summed E-state index contributed by atoms with van der Waals surface area (Å²) >= 11 is 0. The highest BCUT2D eigenvalue weighted by Crippen LogP contribution is 2.40. The number of rotatable bonds is 2. The molecule has 4 nitrogen and oxygen atoms in total. The molecule has 1 aromatic rings. The lowest BCUT2D eigenvalue weighted by atomic mass is 9.78. The summed E-state index contributed by atoms with van der Waals surface area (Å²) in [6, 6.07) is 5.22. The molecule has 1 rings (SSSR count). The van der Waals surface area contributed by atoms with E-state index in [4.69, 9.17) is 5.26 Å². The molecule has 0 amide bonds. The number of benzene rings is 1. The first-order chi connectivity index (χ1) is 10.2. The Kier molecular flexibility index (Phi) is 5.03. The van der Waals surface area contributed by atoms with E-state index in [0.717, 1.165) is 17.4 Å². The second kappa shape index (κ2) is 6.01. The third-order valence-electron chi connectivity index (χ3n) is 3.56. The summed E-state index contributed by atoms with van der Waals surface area (Å²) in [5.74, 6) is 0.222. The highest BCUT2D eigenvalue weighted by molar-refractivity contribution is 7.95. The van der Waals surface area contributed by atoms with Crippen LogP contribution in [0.4, 0.5) is 0 Å². The Morgan fingerprint density at radius 1 is 1.09 bits per heavy atom.